The van der Waals surface area contributed by atoms with E-state index in [-0.39, 0.29) is 5.82 Å². The van der Waals surface area contributed by atoms with Gasteiger partial charge in [-0.15, -0.1) is 0 Å². The van der Waals surface area contributed by atoms with Crippen LogP contribution in [0, 0.1) is 20.2 Å². The highest BCUT2D eigenvalue weighted by molar-refractivity contribution is 6.28. The van der Waals surface area contributed by atoms with Gasteiger partial charge < -0.3 is 10.6 Å². The molecule has 0 unspecified atom stereocenters. The van der Waals surface area contributed by atoms with Gasteiger partial charge in [-0.25, -0.2) is 0 Å². The molecule has 0 amide bonds. The minimum atomic E-state index is -0.909. The molecule has 9 heteroatoms. The van der Waals surface area contributed by atoms with E-state index >= 15 is 0 Å². The molecule has 0 spiro atoms. The number of benzene rings is 2. The standard InChI is InChI=1S/C16H13ClN4O4/c17-15(21(24)25)11-14(20(22)23)16(18-12-7-3-1-4-8-12)19-13-9-5-2-6-10-13/h1-11,18-19H/b15-11+. The van der Waals surface area contributed by atoms with E-state index in [0.29, 0.717) is 17.5 Å². The van der Waals surface area contributed by atoms with Crippen molar-refractivity contribution in [2.45, 2.75) is 0 Å². The summed E-state index contributed by atoms with van der Waals surface area (Å²) in [5.74, 6) is -0.0533. The van der Waals surface area contributed by atoms with Crippen molar-refractivity contribution in [1.82, 2.24) is 0 Å². The summed E-state index contributed by atoms with van der Waals surface area (Å²) in [6, 6.07) is 17.3. The lowest BCUT2D eigenvalue weighted by Crippen LogP contribution is -2.16. The monoisotopic (exact) mass is 360 g/mol. The molecular weight excluding hydrogens is 348 g/mol. The van der Waals surface area contributed by atoms with Gasteiger partial charge in [0.15, 0.2) is 5.82 Å². The van der Waals surface area contributed by atoms with Gasteiger partial charge >= 0.3 is 10.9 Å². The van der Waals surface area contributed by atoms with E-state index in [1.54, 1.807) is 60.7 Å². The molecule has 2 aromatic carbocycles. The molecule has 0 aliphatic carbocycles. The molecule has 128 valence electrons. The van der Waals surface area contributed by atoms with Crippen molar-refractivity contribution in [1.29, 1.82) is 0 Å². The van der Waals surface area contributed by atoms with E-state index in [2.05, 4.69) is 10.6 Å². The van der Waals surface area contributed by atoms with Gasteiger partial charge in [0.2, 0.25) is 0 Å². The van der Waals surface area contributed by atoms with Gasteiger partial charge in [-0.05, 0) is 35.9 Å². The molecule has 0 bridgehead atoms. The van der Waals surface area contributed by atoms with E-state index in [9.17, 15) is 20.2 Å². The Bertz CT molecular complexity index is 779. The van der Waals surface area contributed by atoms with Crippen molar-refractivity contribution >= 4 is 23.0 Å². The van der Waals surface area contributed by atoms with E-state index in [4.69, 9.17) is 11.6 Å². The van der Waals surface area contributed by atoms with Gasteiger partial charge in [-0.3, -0.25) is 20.2 Å². The van der Waals surface area contributed by atoms with Gasteiger partial charge in [-0.2, -0.15) is 0 Å². The molecule has 0 atom stereocenters. The molecule has 8 nitrogen and oxygen atoms in total. The number of halogens is 1. The Hall–Kier alpha value is -3.39. The molecule has 0 radical (unpaired) electrons. The van der Waals surface area contributed by atoms with E-state index < -0.39 is 20.7 Å². The number of allylic oxidation sites excluding steroid dienone is 1. The number of nitrogens with zero attached hydrogens (tertiary/aromatic N) is 2. The number of anilines is 2. The molecule has 0 fully saturated rings. The lowest BCUT2D eigenvalue weighted by Gasteiger charge is -2.13. The maximum Gasteiger partial charge on any atom is 0.344 e. The summed E-state index contributed by atoms with van der Waals surface area (Å²) in [5.41, 5.74) is 0.547. The van der Waals surface area contributed by atoms with Crippen LogP contribution < -0.4 is 10.6 Å². The molecule has 2 rings (SSSR count). The predicted molar refractivity (Wildman–Crippen MR) is 95.1 cm³/mol. The second-order valence-electron chi connectivity index (χ2n) is 4.72. The predicted octanol–water partition coefficient (Wildman–Crippen LogP) is 4.01. The fourth-order valence-electron chi connectivity index (χ4n) is 1.87. The second kappa shape index (κ2) is 8.46. The zero-order valence-corrected chi connectivity index (χ0v) is 13.5. The average molecular weight is 361 g/mol. The van der Waals surface area contributed by atoms with Crippen LogP contribution in [0.4, 0.5) is 11.4 Å². The molecule has 0 saturated carbocycles. The van der Waals surface area contributed by atoms with Crippen molar-refractivity contribution in [2.75, 3.05) is 10.6 Å². The first-order valence-electron chi connectivity index (χ1n) is 7.02. The number of hydrogen-bond donors (Lipinski definition) is 2. The van der Waals surface area contributed by atoms with E-state index in [1.165, 1.54) is 0 Å². The first-order valence-corrected chi connectivity index (χ1v) is 7.39. The average Bonchev–Trinajstić information content (AvgIpc) is 2.60. The summed E-state index contributed by atoms with van der Waals surface area (Å²) in [7, 11) is 0. The van der Waals surface area contributed by atoms with Gasteiger partial charge in [-0.1, -0.05) is 36.4 Å². The SMILES string of the molecule is O=[N+]([O-])C(/C=C(\Cl)[N+](=O)[O-])=C(Nc1ccccc1)Nc1ccccc1. The third-order valence-electron chi connectivity index (χ3n) is 2.97. The largest absolute Gasteiger partial charge is 0.344 e. The van der Waals surface area contributed by atoms with Crippen molar-refractivity contribution in [3.05, 3.63) is 104 Å². The highest BCUT2D eigenvalue weighted by Gasteiger charge is 2.22. The quantitative estimate of drug-likeness (QED) is 0.334. The topological polar surface area (TPSA) is 110 Å². The van der Waals surface area contributed by atoms with Crippen molar-refractivity contribution in [3.8, 4) is 0 Å². The lowest BCUT2D eigenvalue weighted by atomic mass is 10.3. The van der Waals surface area contributed by atoms with E-state index in [1.807, 2.05) is 0 Å². The Kier molecular flexibility index (Phi) is 6.08. The third-order valence-corrected chi connectivity index (χ3v) is 3.22. The lowest BCUT2D eigenvalue weighted by molar-refractivity contribution is -0.428. The highest BCUT2D eigenvalue weighted by Crippen LogP contribution is 2.19. The summed E-state index contributed by atoms with van der Waals surface area (Å²) in [5, 5.41) is 27.0. The number of hydrogen-bond acceptors (Lipinski definition) is 6. The summed E-state index contributed by atoms with van der Waals surface area (Å²) >= 11 is 5.47. The smallest absolute Gasteiger partial charge is 0.336 e. The van der Waals surface area contributed by atoms with Crippen LogP contribution in [-0.2, 0) is 0 Å². The van der Waals surface area contributed by atoms with Crippen LogP contribution in [0.2, 0.25) is 0 Å². The van der Waals surface area contributed by atoms with Crippen LogP contribution in [0.15, 0.2) is 83.4 Å². The van der Waals surface area contributed by atoms with Crippen LogP contribution in [0.5, 0.6) is 0 Å². The first-order chi connectivity index (χ1) is 12.0. The molecular formula is C16H13ClN4O4. The summed E-state index contributed by atoms with van der Waals surface area (Å²) in [6.07, 6.45) is 0.683. The zero-order valence-electron chi connectivity index (χ0n) is 12.8. The van der Waals surface area contributed by atoms with Crippen LogP contribution in [-0.4, -0.2) is 9.85 Å². The maximum absolute atomic E-state index is 11.4. The Labute approximate surface area is 147 Å². The summed E-state index contributed by atoms with van der Waals surface area (Å²) in [6.45, 7) is 0. The van der Waals surface area contributed by atoms with Gasteiger partial charge in [0.05, 0.1) is 9.85 Å². The number of rotatable bonds is 7. The minimum absolute atomic E-state index is 0.0533. The maximum atomic E-state index is 11.4. The molecule has 25 heavy (non-hydrogen) atoms. The Balaban J connectivity index is 2.50. The summed E-state index contributed by atoms with van der Waals surface area (Å²) < 4.78 is 0. The molecule has 0 aliphatic rings. The van der Waals surface area contributed by atoms with Gasteiger partial charge in [0.1, 0.15) is 6.08 Å². The Morgan fingerprint density at radius 3 is 1.64 bits per heavy atom. The van der Waals surface area contributed by atoms with Crippen LogP contribution in [0.1, 0.15) is 0 Å². The molecule has 2 N–H and O–H groups in total. The summed E-state index contributed by atoms with van der Waals surface area (Å²) in [4.78, 5) is 20.5. The van der Waals surface area contributed by atoms with Crippen LogP contribution in [0.25, 0.3) is 0 Å². The number of nitrogens with one attached hydrogen (secondary N) is 2. The number of nitro groups is 2. The normalized spacial score (nSPS) is 10.7. The van der Waals surface area contributed by atoms with E-state index in [0.717, 1.165) is 0 Å². The van der Waals surface area contributed by atoms with Crippen LogP contribution >= 0.6 is 11.6 Å². The molecule has 0 aromatic heterocycles. The van der Waals surface area contributed by atoms with Crippen LogP contribution in [0.3, 0.4) is 0 Å². The van der Waals surface area contributed by atoms with Gasteiger partial charge in [0.25, 0.3) is 0 Å². The molecule has 0 saturated heterocycles. The fraction of sp³-hybridized carbons (Fsp3) is 0. The zero-order chi connectivity index (χ0) is 18.2. The third kappa shape index (κ3) is 5.33. The first kappa shape index (κ1) is 18.0. The molecule has 0 heterocycles. The minimum Gasteiger partial charge on any atom is -0.336 e. The highest BCUT2D eigenvalue weighted by atomic mass is 35.5. The molecule has 2 aromatic rings. The second-order valence-corrected chi connectivity index (χ2v) is 5.11. The van der Waals surface area contributed by atoms with Gasteiger partial charge in [0, 0.05) is 11.4 Å². The van der Waals surface area contributed by atoms with Crippen molar-refractivity contribution in [2.24, 2.45) is 0 Å². The Morgan fingerprint density at radius 1 is 0.840 bits per heavy atom. The fourth-order valence-corrected chi connectivity index (χ4v) is 1.98. The van der Waals surface area contributed by atoms with Crippen molar-refractivity contribution < 1.29 is 9.85 Å². The number of para-hydroxylation sites is 2. The van der Waals surface area contributed by atoms with Crippen molar-refractivity contribution in [3.63, 3.8) is 0 Å². The molecule has 0 aliphatic heterocycles. The Morgan fingerprint density at radius 2 is 1.28 bits per heavy atom.